The molecule has 6 heavy (non-hydrogen) atoms. The number of halogens is 4. The van der Waals surface area contributed by atoms with Crippen LogP contribution in [0.4, 0.5) is 5.02 Å². The molecule has 0 atom stereocenters. The molecule has 0 unspecified atom stereocenters. The van der Waals surface area contributed by atoms with Crippen molar-refractivity contribution in [2.75, 3.05) is 0 Å². The molecule has 0 aromatic heterocycles. The van der Waals surface area contributed by atoms with E-state index in [4.69, 9.17) is 0 Å². The molecule has 0 saturated carbocycles. The molecule has 0 nitrogen and oxygen atoms in total. The Morgan fingerprint density at radius 3 is 1.17 bits per heavy atom. The zero-order valence-electron chi connectivity index (χ0n) is 2.51. The van der Waals surface area contributed by atoms with Crippen molar-refractivity contribution in [3.05, 3.63) is 0 Å². The van der Waals surface area contributed by atoms with Gasteiger partial charge in [-0.15, -0.1) is 0 Å². The summed E-state index contributed by atoms with van der Waals surface area (Å²) in [7, 11) is 0. The van der Waals surface area contributed by atoms with Gasteiger partial charge in [-0.05, 0) is 0 Å². The quantitative estimate of drug-likeness (QED) is 0.267. The van der Waals surface area contributed by atoms with E-state index >= 15 is 0 Å². The Morgan fingerprint density at radius 2 is 1.17 bits per heavy atom. The van der Waals surface area contributed by atoms with Crippen molar-refractivity contribution < 1.29 is 5.02 Å². The SMILES string of the molecule is [F][Pb][F].[I][Pb][I]. The molecule has 0 aliphatic heterocycles. The first-order valence-electron chi connectivity index (χ1n) is 0.756. The monoisotopic (exact) mass is 708 g/mol. The standard InChI is InChI=1S/2FH.2HI.2Pb/h4*1H;;/q;;;;2*+2/p-4. The van der Waals surface area contributed by atoms with Crippen molar-refractivity contribution in [1.82, 2.24) is 0 Å². The molecule has 0 amide bonds. The molecule has 0 aromatic carbocycles. The summed E-state index contributed by atoms with van der Waals surface area (Å²) in [6, 6.07) is 0. The summed E-state index contributed by atoms with van der Waals surface area (Å²) in [5.74, 6) is 0. The molecule has 0 heterocycles. The maximum absolute atomic E-state index is 9.82. The number of hydrogen-bond acceptors (Lipinski definition) is 0. The summed E-state index contributed by atoms with van der Waals surface area (Å²) in [4.78, 5) is 0. The first kappa shape index (κ1) is 11.9. The van der Waals surface area contributed by atoms with Crippen molar-refractivity contribution in [3.8, 4) is 0 Å². The summed E-state index contributed by atoms with van der Waals surface area (Å²) < 4.78 is 19.6. The van der Waals surface area contributed by atoms with Crippen LogP contribution in [0.15, 0.2) is 0 Å². The predicted molar refractivity (Wildman–Crippen MR) is 41.8 cm³/mol. The third kappa shape index (κ3) is 27.2. The van der Waals surface area contributed by atoms with Crippen LogP contribution in [0.25, 0.3) is 0 Å². The second-order valence-electron chi connectivity index (χ2n) is 0.143. The van der Waals surface area contributed by atoms with E-state index in [1.165, 1.54) is 0 Å². The second-order valence-corrected chi connectivity index (χ2v) is 28.8. The van der Waals surface area contributed by atoms with Crippen LogP contribution in [-0.2, 0) is 0 Å². The molecule has 6 heteroatoms. The zero-order valence-corrected chi connectivity index (χ0v) is 14.6. The maximum atomic E-state index is 9.82. The predicted octanol–water partition coefficient (Wildman–Crippen LogP) is 1.85. The Kier molecular flexibility index (Phi) is 31.2. The van der Waals surface area contributed by atoms with Crippen LogP contribution < -0.4 is 0 Å². The summed E-state index contributed by atoms with van der Waals surface area (Å²) >= 11 is 2.05. The summed E-state index contributed by atoms with van der Waals surface area (Å²) in [5.41, 5.74) is 0. The second kappa shape index (κ2) is 15.7. The number of hydrogen-bond donors (Lipinski definition) is 0. The molecule has 0 aliphatic carbocycles. The van der Waals surface area contributed by atoms with Crippen LogP contribution in [0.5, 0.6) is 0 Å². The Labute approximate surface area is 79.4 Å². The fraction of sp³-hybridized carbons (Fsp3) is 0. The molecule has 4 radical (unpaired) electrons. The molecule has 0 N–H and O–H groups in total. The van der Waals surface area contributed by atoms with Gasteiger partial charge in [0.2, 0.25) is 0 Å². The van der Waals surface area contributed by atoms with Gasteiger partial charge in [-0.2, -0.15) is 0 Å². The van der Waals surface area contributed by atoms with Crippen molar-refractivity contribution in [2.45, 2.75) is 0 Å². The Hall–Kier alpha value is 3.16. The van der Waals surface area contributed by atoms with E-state index < -0.39 is 25.5 Å². The summed E-state index contributed by atoms with van der Waals surface area (Å²) in [5, 5.41) is 0. The van der Waals surface area contributed by atoms with Crippen LogP contribution in [0, 0.1) is 0 Å². The average Bonchev–Trinajstić information content (AvgIpc) is 1.39. The zero-order chi connectivity index (χ0) is 5.41. The van der Waals surface area contributed by atoms with Gasteiger partial charge < -0.3 is 0 Å². The van der Waals surface area contributed by atoms with Gasteiger partial charge in [0.05, 0.1) is 0 Å². The van der Waals surface area contributed by atoms with E-state index in [0.29, 0.717) is 0 Å². The fourth-order valence-corrected chi connectivity index (χ4v) is 0. The first-order chi connectivity index (χ1) is 2.83. The molecule has 0 saturated heterocycles. The molecule has 0 spiro atoms. The molecule has 36 valence electrons. The van der Waals surface area contributed by atoms with Gasteiger partial charge >= 0.3 is 81.7 Å². The van der Waals surface area contributed by atoms with Crippen LogP contribution in [0.1, 0.15) is 0 Å². The summed E-state index contributed by atoms with van der Waals surface area (Å²) in [6.07, 6.45) is 0. The van der Waals surface area contributed by atoms with Gasteiger partial charge in [0.25, 0.3) is 0 Å². The summed E-state index contributed by atoms with van der Waals surface area (Å²) in [6.45, 7) is 0. The van der Waals surface area contributed by atoms with Crippen molar-refractivity contribution in [3.63, 3.8) is 0 Å². The normalized spacial score (nSPS) is 6.00. The van der Waals surface area contributed by atoms with Crippen molar-refractivity contribution >= 4 is 76.7 Å². The molecule has 0 aromatic rings. The first-order valence-corrected chi connectivity index (χ1v) is 25.6. The van der Waals surface area contributed by atoms with E-state index in [-0.39, 0.29) is 15.6 Å². The van der Waals surface area contributed by atoms with Crippen LogP contribution in [0.2, 0.25) is 0 Å². The van der Waals surface area contributed by atoms with Crippen molar-refractivity contribution in [1.29, 1.82) is 0 Å². The molecule has 0 bridgehead atoms. The van der Waals surface area contributed by atoms with E-state index in [1.54, 1.807) is 0 Å². The van der Waals surface area contributed by atoms with Gasteiger partial charge in [-0.3, -0.25) is 0 Å². The van der Waals surface area contributed by atoms with E-state index in [1.807, 2.05) is 0 Å². The van der Waals surface area contributed by atoms with Gasteiger partial charge in [-0.25, -0.2) is 0 Å². The van der Waals surface area contributed by atoms with Gasteiger partial charge in [0.1, 0.15) is 0 Å². The number of rotatable bonds is 0. The average molecular weight is 706 g/mol. The van der Waals surface area contributed by atoms with E-state index in [2.05, 4.69) is 35.5 Å². The van der Waals surface area contributed by atoms with Gasteiger partial charge in [0.15, 0.2) is 0 Å². The Morgan fingerprint density at radius 1 is 1.17 bits per heavy atom. The van der Waals surface area contributed by atoms with Gasteiger partial charge in [0, 0.05) is 0 Å². The topological polar surface area (TPSA) is 0 Å². The minimum absolute atomic E-state index is 0.0233. The van der Waals surface area contributed by atoms with Crippen LogP contribution >= 0.6 is 35.5 Å². The third-order valence-corrected chi connectivity index (χ3v) is 0. The van der Waals surface area contributed by atoms with Gasteiger partial charge in [-0.1, -0.05) is 0 Å². The molecule has 0 rings (SSSR count). The molecular weight excluding hydrogens is 706 g/mol. The van der Waals surface area contributed by atoms with E-state index in [9.17, 15) is 5.02 Å². The molecular formula is F2I2Pb2. The van der Waals surface area contributed by atoms with E-state index in [0.717, 1.165) is 0 Å². The molecule has 0 fully saturated rings. The minimum atomic E-state index is -2.92. The van der Waals surface area contributed by atoms with Crippen LogP contribution in [-0.4, -0.2) is 41.1 Å². The van der Waals surface area contributed by atoms with Crippen LogP contribution in [0.3, 0.4) is 0 Å². The molecule has 0 aliphatic rings. The Balaban J connectivity index is 0. The third-order valence-electron chi connectivity index (χ3n) is 0. The van der Waals surface area contributed by atoms with Crippen molar-refractivity contribution in [2.24, 2.45) is 0 Å². The fourth-order valence-electron chi connectivity index (χ4n) is 0. The Bertz CT molecular complexity index is 11.5.